The van der Waals surface area contributed by atoms with E-state index in [-0.39, 0.29) is 36.1 Å². The van der Waals surface area contributed by atoms with Gasteiger partial charge in [-0.25, -0.2) is 4.79 Å². The fourth-order valence-electron chi connectivity index (χ4n) is 2.50. The van der Waals surface area contributed by atoms with Crippen LogP contribution in [0.5, 0.6) is 5.75 Å². The Morgan fingerprint density at radius 1 is 1.29 bits per heavy atom. The summed E-state index contributed by atoms with van der Waals surface area (Å²) in [6.07, 6.45) is 0. The van der Waals surface area contributed by atoms with Gasteiger partial charge in [-0.1, -0.05) is 18.2 Å². The molecule has 8 heteroatoms. The van der Waals surface area contributed by atoms with Gasteiger partial charge in [-0.2, -0.15) is 0 Å². The van der Waals surface area contributed by atoms with Crippen molar-refractivity contribution >= 4 is 23.3 Å². The summed E-state index contributed by atoms with van der Waals surface area (Å²) in [5.41, 5.74) is 0.717. The van der Waals surface area contributed by atoms with Gasteiger partial charge in [0.05, 0.1) is 22.7 Å². The third-order valence-corrected chi connectivity index (χ3v) is 3.67. The Labute approximate surface area is 136 Å². The second kappa shape index (κ2) is 5.99. The van der Waals surface area contributed by atoms with E-state index in [0.29, 0.717) is 11.3 Å². The quantitative estimate of drug-likeness (QED) is 0.680. The first-order chi connectivity index (χ1) is 11.5. The van der Waals surface area contributed by atoms with Crippen LogP contribution in [0.15, 0.2) is 42.5 Å². The standard InChI is InChI=1S/C16H12N2O6/c19-15-9-24-14-7-10(16(20)21)5-6-13(14)17(15)8-11-3-1-2-4-12(11)18(22)23/h1-7H,8-9H2,(H,20,21). The average Bonchev–Trinajstić information content (AvgIpc) is 2.57. The Kier molecular flexibility index (Phi) is 3.87. The molecule has 2 aromatic carbocycles. The van der Waals surface area contributed by atoms with Crippen molar-refractivity contribution in [3.05, 3.63) is 63.7 Å². The first kappa shape index (κ1) is 15.5. The van der Waals surface area contributed by atoms with Crippen molar-refractivity contribution in [1.82, 2.24) is 0 Å². The van der Waals surface area contributed by atoms with Crippen molar-refractivity contribution in [3.8, 4) is 5.75 Å². The van der Waals surface area contributed by atoms with E-state index in [1.807, 2.05) is 0 Å². The molecule has 0 fully saturated rings. The Bertz CT molecular complexity index is 848. The van der Waals surface area contributed by atoms with Gasteiger partial charge in [0.15, 0.2) is 6.61 Å². The number of ether oxygens (including phenoxy) is 1. The molecule has 8 nitrogen and oxygen atoms in total. The van der Waals surface area contributed by atoms with Gasteiger partial charge < -0.3 is 14.7 Å². The summed E-state index contributed by atoms with van der Waals surface area (Å²) < 4.78 is 5.28. The molecule has 0 spiro atoms. The van der Waals surface area contributed by atoms with E-state index in [0.717, 1.165) is 0 Å². The number of anilines is 1. The molecule has 0 unspecified atom stereocenters. The molecule has 1 heterocycles. The van der Waals surface area contributed by atoms with Gasteiger partial charge in [0.1, 0.15) is 5.75 Å². The lowest BCUT2D eigenvalue weighted by Crippen LogP contribution is -2.38. The van der Waals surface area contributed by atoms with Gasteiger partial charge in [0.25, 0.3) is 11.6 Å². The molecule has 1 aliphatic rings. The lowest BCUT2D eigenvalue weighted by Gasteiger charge is -2.29. The van der Waals surface area contributed by atoms with E-state index in [4.69, 9.17) is 9.84 Å². The van der Waals surface area contributed by atoms with E-state index < -0.39 is 10.9 Å². The van der Waals surface area contributed by atoms with Crippen molar-refractivity contribution in [2.24, 2.45) is 0 Å². The zero-order valence-electron chi connectivity index (χ0n) is 12.3. The van der Waals surface area contributed by atoms with Gasteiger partial charge in [0, 0.05) is 11.6 Å². The van der Waals surface area contributed by atoms with Crippen molar-refractivity contribution in [1.29, 1.82) is 0 Å². The van der Waals surface area contributed by atoms with Crippen LogP contribution in [0.1, 0.15) is 15.9 Å². The van der Waals surface area contributed by atoms with Crippen LogP contribution in [-0.4, -0.2) is 28.5 Å². The predicted molar refractivity (Wildman–Crippen MR) is 83.2 cm³/mol. The Hall–Kier alpha value is -3.42. The SMILES string of the molecule is O=C(O)c1ccc2c(c1)OCC(=O)N2Cc1ccccc1[N+](=O)[O-]. The van der Waals surface area contributed by atoms with Gasteiger partial charge in [-0.3, -0.25) is 14.9 Å². The van der Waals surface area contributed by atoms with E-state index >= 15 is 0 Å². The minimum Gasteiger partial charge on any atom is -0.482 e. The Balaban J connectivity index is 1.99. The van der Waals surface area contributed by atoms with E-state index in [1.165, 1.54) is 29.2 Å². The largest absolute Gasteiger partial charge is 0.482 e. The maximum atomic E-state index is 12.2. The molecule has 122 valence electrons. The van der Waals surface area contributed by atoms with Crippen LogP contribution >= 0.6 is 0 Å². The number of rotatable bonds is 4. The highest BCUT2D eigenvalue weighted by Gasteiger charge is 2.28. The number of carbonyl (C=O) groups excluding carboxylic acids is 1. The highest BCUT2D eigenvalue weighted by molar-refractivity contribution is 5.99. The Morgan fingerprint density at radius 3 is 2.75 bits per heavy atom. The Morgan fingerprint density at radius 2 is 2.04 bits per heavy atom. The number of amides is 1. The van der Waals surface area contributed by atoms with Crippen LogP contribution < -0.4 is 9.64 Å². The van der Waals surface area contributed by atoms with Gasteiger partial charge in [-0.15, -0.1) is 0 Å². The molecule has 24 heavy (non-hydrogen) atoms. The summed E-state index contributed by atoms with van der Waals surface area (Å²) in [7, 11) is 0. The summed E-state index contributed by atoms with van der Waals surface area (Å²) in [5, 5.41) is 20.1. The molecule has 0 saturated carbocycles. The smallest absolute Gasteiger partial charge is 0.335 e. The maximum Gasteiger partial charge on any atom is 0.335 e. The molecule has 0 radical (unpaired) electrons. The zero-order chi connectivity index (χ0) is 17.3. The van der Waals surface area contributed by atoms with Crippen LogP contribution in [0.2, 0.25) is 0 Å². The minimum absolute atomic E-state index is 0.00123. The third-order valence-electron chi connectivity index (χ3n) is 3.67. The van der Waals surface area contributed by atoms with E-state index in [9.17, 15) is 19.7 Å². The summed E-state index contributed by atoms with van der Waals surface area (Å²) in [6, 6.07) is 10.3. The molecule has 1 aliphatic heterocycles. The monoisotopic (exact) mass is 328 g/mol. The first-order valence-electron chi connectivity index (χ1n) is 7.00. The van der Waals surface area contributed by atoms with Crippen LogP contribution in [0.3, 0.4) is 0 Å². The number of hydrogen-bond acceptors (Lipinski definition) is 5. The maximum absolute atomic E-state index is 12.2. The molecule has 0 atom stereocenters. The molecule has 1 N–H and O–H groups in total. The van der Waals surface area contributed by atoms with Crippen molar-refractivity contribution < 1.29 is 24.4 Å². The lowest BCUT2D eigenvalue weighted by atomic mass is 10.1. The average molecular weight is 328 g/mol. The molecule has 2 aromatic rings. The van der Waals surface area contributed by atoms with Gasteiger partial charge in [-0.05, 0) is 18.2 Å². The molecular formula is C16H12N2O6. The number of aromatic carboxylic acids is 1. The van der Waals surface area contributed by atoms with Crippen molar-refractivity contribution in [2.45, 2.75) is 6.54 Å². The number of hydrogen-bond donors (Lipinski definition) is 1. The number of nitro groups is 1. The minimum atomic E-state index is -1.11. The summed E-state index contributed by atoms with van der Waals surface area (Å²) >= 11 is 0. The number of carboxylic acids is 1. The number of nitrogens with zero attached hydrogens (tertiary/aromatic N) is 2. The van der Waals surface area contributed by atoms with Crippen LogP contribution in [-0.2, 0) is 11.3 Å². The molecular weight excluding hydrogens is 316 g/mol. The van der Waals surface area contributed by atoms with E-state index in [1.54, 1.807) is 18.2 Å². The lowest BCUT2D eigenvalue weighted by molar-refractivity contribution is -0.385. The highest BCUT2D eigenvalue weighted by Crippen LogP contribution is 2.35. The topological polar surface area (TPSA) is 110 Å². The van der Waals surface area contributed by atoms with Gasteiger partial charge in [0.2, 0.25) is 0 Å². The summed E-state index contributed by atoms with van der Waals surface area (Å²) in [6.45, 7) is -0.254. The highest BCUT2D eigenvalue weighted by atomic mass is 16.6. The van der Waals surface area contributed by atoms with Crippen LogP contribution in [0.25, 0.3) is 0 Å². The van der Waals surface area contributed by atoms with E-state index in [2.05, 4.69) is 0 Å². The van der Waals surface area contributed by atoms with Gasteiger partial charge >= 0.3 is 5.97 Å². The summed E-state index contributed by atoms with van der Waals surface area (Å²) in [5.74, 6) is -1.21. The fourth-order valence-corrected chi connectivity index (χ4v) is 2.50. The second-order valence-corrected chi connectivity index (χ2v) is 5.14. The van der Waals surface area contributed by atoms with Crippen molar-refractivity contribution in [3.63, 3.8) is 0 Å². The summed E-state index contributed by atoms with van der Waals surface area (Å²) in [4.78, 5) is 35.2. The van der Waals surface area contributed by atoms with Crippen LogP contribution in [0.4, 0.5) is 11.4 Å². The molecule has 0 aromatic heterocycles. The normalized spacial score (nSPS) is 13.2. The molecule has 0 bridgehead atoms. The molecule has 0 saturated heterocycles. The number of nitro benzene ring substituents is 1. The number of fused-ring (bicyclic) bond motifs is 1. The number of para-hydroxylation sites is 1. The fraction of sp³-hybridized carbons (Fsp3) is 0.125. The molecule has 3 rings (SSSR count). The first-order valence-corrected chi connectivity index (χ1v) is 7.00. The predicted octanol–water partition coefficient (Wildman–Crippen LogP) is 2.22. The second-order valence-electron chi connectivity index (χ2n) is 5.14. The third kappa shape index (κ3) is 2.76. The van der Waals surface area contributed by atoms with Crippen LogP contribution in [0, 0.1) is 10.1 Å². The molecule has 0 aliphatic carbocycles. The number of carbonyl (C=O) groups is 2. The van der Waals surface area contributed by atoms with Crippen molar-refractivity contribution in [2.75, 3.05) is 11.5 Å². The zero-order valence-corrected chi connectivity index (χ0v) is 12.3. The number of carboxylic acid groups (broad SMARTS) is 1. The molecule has 1 amide bonds. The number of benzene rings is 2.